The van der Waals surface area contributed by atoms with Gasteiger partial charge in [-0.25, -0.2) is 0 Å². The molecule has 0 aliphatic rings. The molecule has 6 nitrogen and oxygen atoms in total. The van der Waals surface area contributed by atoms with Crippen LogP contribution in [-0.4, -0.2) is 15.7 Å². The number of ether oxygens (including phenoxy) is 1. The molecule has 3 aromatic carbocycles. The zero-order valence-corrected chi connectivity index (χ0v) is 17.2. The van der Waals surface area contributed by atoms with E-state index in [1.165, 1.54) is 12.3 Å². The largest absolute Gasteiger partial charge is 0.456 e. The first-order valence-electron chi connectivity index (χ1n) is 9.72. The molecule has 0 radical (unpaired) electrons. The van der Waals surface area contributed by atoms with Gasteiger partial charge in [0.15, 0.2) is 11.5 Å². The van der Waals surface area contributed by atoms with Gasteiger partial charge in [-0.05, 0) is 18.2 Å². The van der Waals surface area contributed by atoms with Crippen molar-refractivity contribution in [2.75, 3.05) is 0 Å². The number of non-ortho nitro benzene ring substituents is 1. The van der Waals surface area contributed by atoms with E-state index in [4.69, 9.17) is 4.74 Å². The number of aromatic nitrogens is 1. The number of aromatic amines is 1. The predicted molar refractivity (Wildman–Crippen MR) is 111 cm³/mol. The first-order chi connectivity index (χ1) is 16.4. The summed E-state index contributed by atoms with van der Waals surface area (Å²) >= 11 is 0. The van der Waals surface area contributed by atoms with Gasteiger partial charge < -0.3 is 9.72 Å². The molecular weight excluding hydrogens is 482 g/mol. The molecule has 1 heterocycles. The van der Waals surface area contributed by atoms with Crippen LogP contribution in [0.25, 0.3) is 10.9 Å². The molecule has 0 aliphatic carbocycles. The third-order valence-electron chi connectivity index (χ3n) is 5.05. The SMILES string of the molecule is O=C(c1ccccc1)c1c[nH]c2ccc(Oc3c(C(F)(F)F)cc([N+](=O)[O-])cc3C(F)(F)F)cc12. The molecule has 0 bridgehead atoms. The van der Waals surface area contributed by atoms with E-state index in [0.717, 1.165) is 12.1 Å². The van der Waals surface area contributed by atoms with Crippen LogP contribution >= 0.6 is 0 Å². The molecule has 1 aromatic heterocycles. The standard InChI is InChI=1S/C23H12F6N2O4/c24-22(25,26)17-8-13(31(33)34)9-18(23(27,28)29)21(17)35-14-6-7-19-15(10-14)16(11-30-19)20(32)12-4-2-1-3-5-12/h1-11,30H. The van der Waals surface area contributed by atoms with Crippen molar-refractivity contribution < 1.29 is 40.8 Å². The predicted octanol–water partition coefficient (Wildman–Crippen LogP) is 7.14. The average molecular weight is 494 g/mol. The van der Waals surface area contributed by atoms with E-state index in [1.54, 1.807) is 30.3 Å². The number of fused-ring (bicyclic) bond motifs is 1. The first kappa shape index (κ1) is 23.8. The molecule has 35 heavy (non-hydrogen) atoms. The van der Waals surface area contributed by atoms with Crippen molar-refractivity contribution in [2.24, 2.45) is 0 Å². The summed E-state index contributed by atoms with van der Waals surface area (Å²) in [5.41, 5.74) is -4.51. The molecule has 180 valence electrons. The lowest BCUT2D eigenvalue weighted by atomic mass is 10.0. The topological polar surface area (TPSA) is 85.2 Å². The molecule has 4 rings (SSSR count). The Hall–Kier alpha value is -4.35. The second-order valence-corrected chi connectivity index (χ2v) is 7.33. The zero-order valence-electron chi connectivity index (χ0n) is 17.2. The van der Waals surface area contributed by atoms with Gasteiger partial charge in [0.2, 0.25) is 0 Å². The van der Waals surface area contributed by atoms with Gasteiger partial charge in [-0.15, -0.1) is 0 Å². The molecule has 0 saturated heterocycles. The van der Waals surface area contributed by atoms with Gasteiger partial charge in [-0.3, -0.25) is 14.9 Å². The number of benzene rings is 3. The highest BCUT2D eigenvalue weighted by Gasteiger charge is 2.44. The van der Waals surface area contributed by atoms with Crippen molar-refractivity contribution in [2.45, 2.75) is 12.4 Å². The Kier molecular flexibility index (Phi) is 5.75. The summed E-state index contributed by atoms with van der Waals surface area (Å²) in [5, 5.41) is 11.2. The number of carbonyl (C=O) groups excluding carboxylic acids is 1. The maximum absolute atomic E-state index is 13.6. The lowest BCUT2D eigenvalue weighted by Gasteiger charge is -2.19. The van der Waals surface area contributed by atoms with E-state index in [2.05, 4.69) is 4.98 Å². The summed E-state index contributed by atoms with van der Waals surface area (Å²) in [6, 6.07) is 11.5. The minimum absolute atomic E-state index is 0.0241. The summed E-state index contributed by atoms with van der Waals surface area (Å²) in [4.78, 5) is 25.3. The van der Waals surface area contributed by atoms with E-state index in [-0.39, 0.29) is 23.1 Å². The maximum Gasteiger partial charge on any atom is 0.420 e. The lowest BCUT2D eigenvalue weighted by Crippen LogP contribution is -2.15. The minimum atomic E-state index is -5.39. The number of alkyl halides is 6. The zero-order chi connectivity index (χ0) is 25.5. The Balaban J connectivity index is 1.86. The molecule has 0 aliphatic heterocycles. The lowest BCUT2D eigenvalue weighted by molar-refractivity contribution is -0.385. The Labute approximate surface area is 191 Å². The number of H-pyrrole nitrogens is 1. The Bertz CT molecular complexity index is 1410. The van der Waals surface area contributed by atoms with Gasteiger partial charge in [0.25, 0.3) is 5.69 Å². The van der Waals surface area contributed by atoms with Crippen molar-refractivity contribution in [3.05, 3.63) is 99.2 Å². The normalized spacial score (nSPS) is 12.1. The fourth-order valence-electron chi connectivity index (χ4n) is 3.46. The van der Waals surface area contributed by atoms with E-state index < -0.39 is 51.4 Å². The highest BCUT2D eigenvalue weighted by molar-refractivity contribution is 6.16. The van der Waals surface area contributed by atoms with Crippen LogP contribution in [0.1, 0.15) is 27.0 Å². The van der Waals surface area contributed by atoms with E-state index in [9.17, 15) is 41.3 Å². The summed E-state index contributed by atoms with van der Waals surface area (Å²) in [5.74, 6) is -2.51. The average Bonchev–Trinajstić information content (AvgIpc) is 3.21. The maximum atomic E-state index is 13.6. The molecule has 0 atom stereocenters. The number of nitrogens with one attached hydrogen (secondary N) is 1. The molecule has 1 N–H and O–H groups in total. The quantitative estimate of drug-likeness (QED) is 0.138. The van der Waals surface area contributed by atoms with Gasteiger partial charge in [-0.2, -0.15) is 26.3 Å². The van der Waals surface area contributed by atoms with E-state index >= 15 is 0 Å². The van der Waals surface area contributed by atoms with Crippen LogP contribution < -0.4 is 4.74 Å². The summed E-state index contributed by atoms with van der Waals surface area (Å²) in [6.45, 7) is 0. The van der Waals surface area contributed by atoms with E-state index in [0.29, 0.717) is 11.1 Å². The van der Waals surface area contributed by atoms with Crippen molar-refractivity contribution in [1.29, 1.82) is 0 Å². The smallest absolute Gasteiger partial charge is 0.420 e. The van der Waals surface area contributed by atoms with E-state index in [1.807, 2.05) is 0 Å². The molecule has 0 unspecified atom stereocenters. The van der Waals surface area contributed by atoms with Crippen molar-refractivity contribution in [3.63, 3.8) is 0 Å². The molecule has 0 saturated carbocycles. The first-order valence-corrected chi connectivity index (χ1v) is 9.72. The summed E-state index contributed by atoms with van der Waals surface area (Å²) < 4.78 is 86.7. The molecule has 12 heteroatoms. The number of carbonyl (C=O) groups is 1. The number of ketones is 1. The van der Waals surface area contributed by atoms with Crippen LogP contribution in [-0.2, 0) is 12.4 Å². The third-order valence-corrected chi connectivity index (χ3v) is 5.05. The summed E-state index contributed by atoms with van der Waals surface area (Å²) in [7, 11) is 0. The van der Waals surface area contributed by atoms with Crippen LogP contribution in [0.15, 0.2) is 66.9 Å². The van der Waals surface area contributed by atoms with Gasteiger partial charge in [0.05, 0.1) is 4.92 Å². The van der Waals surface area contributed by atoms with Crippen molar-refractivity contribution in [1.82, 2.24) is 4.98 Å². The molecule has 4 aromatic rings. The molecule has 0 spiro atoms. The second-order valence-electron chi connectivity index (χ2n) is 7.33. The third kappa shape index (κ3) is 4.67. The Morgan fingerprint density at radius 3 is 2.03 bits per heavy atom. The summed E-state index contributed by atoms with van der Waals surface area (Å²) in [6.07, 6.45) is -9.43. The number of nitro groups is 1. The fourth-order valence-corrected chi connectivity index (χ4v) is 3.46. The van der Waals surface area contributed by atoms with Gasteiger partial charge in [0, 0.05) is 40.4 Å². The van der Waals surface area contributed by atoms with Crippen LogP contribution in [0.5, 0.6) is 11.5 Å². The number of hydrogen-bond donors (Lipinski definition) is 1. The number of hydrogen-bond acceptors (Lipinski definition) is 4. The Morgan fingerprint density at radius 1 is 0.886 bits per heavy atom. The fraction of sp³-hybridized carbons (Fsp3) is 0.0870. The van der Waals surface area contributed by atoms with Crippen LogP contribution in [0.2, 0.25) is 0 Å². The highest BCUT2D eigenvalue weighted by Crippen LogP contribution is 2.48. The molecular formula is C23H12F6N2O4. The van der Waals surface area contributed by atoms with Gasteiger partial charge >= 0.3 is 12.4 Å². The van der Waals surface area contributed by atoms with Crippen LogP contribution in [0.3, 0.4) is 0 Å². The van der Waals surface area contributed by atoms with Crippen LogP contribution in [0, 0.1) is 10.1 Å². The molecule has 0 amide bonds. The number of rotatable bonds is 5. The Morgan fingerprint density at radius 2 is 1.49 bits per heavy atom. The van der Waals surface area contributed by atoms with Crippen LogP contribution in [0.4, 0.5) is 32.0 Å². The highest BCUT2D eigenvalue weighted by atomic mass is 19.4. The molecule has 0 fully saturated rings. The van der Waals surface area contributed by atoms with Crippen molar-refractivity contribution in [3.8, 4) is 11.5 Å². The van der Waals surface area contributed by atoms with Gasteiger partial charge in [0.1, 0.15) is 16.9 Å². The van der Waals surface area contributed by atoms with Crippen molar-refractivity contribution >= 4 is 22.4 Å². The van der Waals surface area contributed by atoms with Gasteiger partial charge in [-0.1, -0.05) is 30.3 Å². The number of nitrogens with zero attached hydrogens (tertiary/aromatic N) is 1. The number of nitro benzene ring substituents is 1. The monoisotopic (exact) mass is 494 g/mol. The second kappa shape index (κ2) is 8.46. The number of halogens is 6. The minimum Gasteiger partial charge on any atom is -0.456 e.